The molecule has 6 rings (SSSR count). The molecule has 3 fully saturated rings. The Morgan fingerprint density at radius 2 is 1.83 bits per heavy atom. The average molecular weight is 702 g/mol. The van der Waals surface area contributed by atoms with Gasteiger partial charge in [-0.25, -0.2) is 0 Å². The third-order valence-electron chi connectivity index (χ3n) is 9.66. The SMILES string of the molecule is C[C@H](CO)N1C(=O)[C@H]2[C@@H]3C(=O)O[C@H](c4ccccc4)CNC(=O)CC/C=C\CN(CCN4CCOCC4)C(=O)[C@H]1[C@@]21C=C(Br)[C@@H]3O1. The first-order chi connectivity index (χ1) is 22.2. The van der Waals surface area contributed by atoms with Crippen LogP contribution in [0.2, 0.25) is 0 Å². The molecule has 5 aliphatic heterocycles. The molecule has 13 heteroatoms. The van der Waals surface area contributed by atoms with Crippen LogP contribution in [0.5, 0.6) is 0 Å². The maximum Gasteiger partial charge on any atom is 0.313 e. The van der Waals surface area contributed by atoms with Gasteiger partial charge in [0.2, 0.25) is 17.7 Å². The normalized spacial score (nSPS) is 33.8. The van der Waals surface area contributed by atoms with Gasteiger partial charge in [-0.1, -0.05) is 58.4 Å². The van der Waals surface area contributed by atoms with Crippen LogP contribution in [-0.4, -0.2) is 126 Å². The van der Waals surface area contributed by atoms with E-state index in [2.05, 4.69) is 26.1 Å². The van der Waals surface area contributed by atoms with E-state index in [0.717, 1.165) is 13.1 Å². The van der Waals surface area contributed by atoms with Crippen molar-refractivity contribution >= 4 is 39.6 Å². The smallest absolute Gasteiger partial charge is 0.313 e. The zero-order chi connectivity index (χ0) is 32.4. The molecule has 248 valence electrons. The van der Waals surface area contributed by atoms with Crippen molar-refractivity contribution in [2.24, 2.45) is 11.8 Å². The van der Waals surface area contributed by atoms with Gasteiger partial charge in [-0.05, 0) is 25.0 Å². The predicted molar refractivity (Wildman–Crippen MR) is 169 cm³/mol. The highest BCUT2D eigenvalue weighted by atomic mass is 79.9. The maximum absolute atomic E-state index is 14.7. The molecule has 3 saturated heterocycles. The fraction of sp³-hybridized carbons (Fsp3) is 0.576. The van der Waals surface area contributed by atoms with Crippen molar-refractivity contribution < 1.29 is 38.5 Å². The Hall–Kier alpha value is -3.10. The first-order valence-electron chi connectivity index (χ1n) is 16.0. The number of ether oxygens (including phenoxy) is 3. The van der Waals surface area contributed by atoms with Crippen LogP contribution >= 0.6 is 15.9 Å². The summed E-state index contributed by atoms with van der Waals surface area (Å²) < 4.78 is 18.7. The molecule has 0 aromatic heterocycles. The molecule has 1 aromatic carbocycles. The average Bonchev–Trinajstić information content (AvgIpc) is 3.67. The number of benzene rings is 1. The lowest BCUT2D eigenvalue weighted by Gasteiger charge is -2.38. The second-order valence-electron chi connectivity index (χ2n) is 12.5. The quantitative estimate of drug-likeness (QED) is 0.331. The van der Waals surface area contributed by atoms with E-state index in [1.165, 1.54) is 4.90 Å². The number of halogens is 1. The molecule has 5 bridgehead atoms. The molecule has 2 N–H and O–H groups in total. The van der Waals surface area contributed by atoms with Gasteiger partial charge in [-0.2, -0.15) is 0 Å². The third kappa shape index (κ3) is 6.15. The van der Waals surface area contributed by atoms with E-state index < -0.39 is 53.6 Å². The molecule has 1 spiro atoms. The number of likely N-dealkylation sites (tertiary alicyclic amines) is 1. The number of hydrogen-bond acceptors (Lipinski definition) is 9. The van der Waals surface area contributed by atoms with Gasteiger partial charge in [-0.3, -0.25) is 24.1 Å². The van der Waals surface area contributed by atoms with Gasteiger partial charge in [0.1, 0.15) is 29.8 Å². The van der Waals surface area contributed by atoms with Crippen LogP contribution in [0.1, 0.15) is 31.4 Å². The molecule has 0 unspecified atom stereocenters. The molecular weight excluding hydrogens is 660 g/mol. The van der Waals surface area contributed by atoms with Crippen LogP contribution in [0, 0.1) is 11.8 Å². The summed E-state index contributed by atoms with van der Waals surface area (Å²) in [4.78, 5) is 61.3. The summed E-state index contributed by atoms with van der Waals surface area (Å²) in [6, 6.07) is 7.31. The summed E-state index contributed by atoms with van der Waals surface area (Å²) in [7, 11) is 0. The fourth-order valence-corrected chi connectivity index (χ4v) is 8.00. The molecule has 46 heavy (non-hydrogen) atoms. The molecule has 7 atom stereocenters. The number of aliphatic hydroxyl groups excluding tert-OH is 1. The van der Waals surface area contributed by atoms with Gasteiger partial charge in [0, 0.05) is 43.6 Å². The largest absolute Gasteiger partial charge is 0.455 e. The number of morpholine rings is 1. The zero-order valence-corrected chi connectivity index (χ0v) is 27.5. The summed E-state index contributed by atoms with van der Waals surface area (Å²) in [5, 5.41) is 13.1. The minimum atomic E-state index is -1.43. The van der Waals surface area contributed by atoms with E-state index in [1.807, 2.05) is 42.5 Å². The van der Waals surface area contributed by atoms with Crippen LogP contribution in [0.4, 0.5) is 0 Å². The highest BCUT2D eigenvalue weighted by molar-refractivity contribution is 9.11. The molecule has 5 aliphatic rings. The van der Waals surface area contributed by atoms with Gasteiger partial charge in [0.05, 0.1) is 38.3 Å². The van der Waals surface area contributed by atoms with Gasteiger partial charge in [-0.15, -0.1) is 0 Å². The predicted octanol–water partition coefficient (Wildman–Crippen LogP) is 1.15. The monoisotopic (exact) mass is 700 g/mol. The van der Waals surface area contributed by atoms with E-state index in [-0.39, 0.29) is 37.9 Å². The van der Waals surface area contributed by atoms with Crippen LogP contribution in [-0.2, 0) is 33.4 Å². The van der Waals surface area contributed by atoms with E-state index in [4.69, 9.17) is 14.2 Å². The maximum atomic E-state index is 14.7. The van der Waals surface area contributed by atoms with Crippen molar-refractivity contribution in [3.05, 3.63) is 58.6 Å². The van der Waals surface area contributed by atoms with Gasteiger partial charge < -0.3 is 34.4 Å². The first-order valence-corrected chi connectivity index (χ1v) is 16.8. The summed E-state index contributed by atoms with van der Waals surface area (Å²) in [5.74, 6) is -3.69. The minimum Gasteiger partial charge on any atom is -0.455 e. The molecule has 0 saturated carbocycles. The lowest BCUT2D eigenvalue weighted by atomic mass is 9.74. The third-order valence-corrected chi connectivity index (χ3v) is 10.3. The molecule has 12 nitrogen and oxygen atoms in total. The Labute approximate surface area is 276 Å². The van der Waals surface area contributed by atoms with E-state index >= 15 is 0 Å². The summed E-state index contributed by atoms with van der Waals surface area (Å²) >= 11 is 3.57. The molecule has 0 radical (unpaired) electrons. The van der Waals surface area contributed by atoms with Crippen LogP contribution in [0.15, 0.2) is 53.0 Å². The van der Waals surface area contributed by atoms with Crippen molar-refractivity contribution in [3.63, 3.8) is 0 Å². The van der Waals surface area contributed by atoms with Gasteiger partial charge >= 0.3 is 5.97 Å². The molecule has 3 amide bonds. The van der Waals surface area contributed by atoms with Crippen molar-refractivity contribution in [3.8, 4) is 0 Å². The van der Waals surface area contributed by atoms with Crippen LogP contribution in [0.25, 0.3) is 0 Å². The zero-order valence-electron chi connectivity index (χ0n) is 25.9. The molecule has 1 aromatic rings. The standard InChI is InChI=1S/C33H41BrN4O8/c1-21(20-39)38-29-31(42)37(13-12-36-14-16-44-17-15-36)11-7-3-6-10-25(40)35-19-24(22-8-4-2-5-9-22)45-32(43)26-27(30(38)41)33(29)18-23(34)28(26)46-33/h2-5,7-9,18,21,24,26-29,39H,6,10-17,19-20H2,1H3,(H,35,40)/b7-3-/t21-,24+,26+,27-,28+,29+,33-/m1/s1. The number of amides is 3. The first kappa shape index (κ1) is 32.8. The Bertz CT molecular complexity index is 1380. The summed E-state index contributed by atoms with van der Waals surface area (Å²) in [5.41, 5.74) is -0.740. The lowest BCUT2D eigenvalue weighted by molar-refractivity contribution is -0.160. The van der Waals surface area contributed by atoms with Crippen LogP contribution in [0.3, 0.4) is 0 Å². The lowest BCUT2D eigenvalue weighted by Crippen LogP contribution is -2.58. The highest BCUT2D eigenvalue weighted by Gasteiger charge is 2.75. The number of carbonyl (C=O) groups is 4. The van der Waals surface area contributed by atoms with Crippen molar-refractivity contribution in [2.45, 2.75) is 49.7 Å². The molecule has 0 aliphatic carbocycles. The minimum absolute atomic E-state index is 0.0570. The Morgan fingerprint density at radius 3 is 2.57 bits per heavy atom. The number of hydrogen-bond donors (Lipinski definition) is 2. The number of carbonyl (C=O) groups excluding carboxylic acids is 4. The molecular formula is C33H41BrN4O8. The number of nitrogens with one attached hydrogen (secondary N) is 1. The number of fused-ring (bicyclic) bond motifs is 2. The second-order valence-corrected chi connectivity index (χ2v) is 13.4. The van der Waals surface area contributed by atoms with Crippen LogP contribution < -0.4 is 5.32 Å². The highest BCUT2D eigenvalue weighted by Crippen LogP contribution is 2.59. The van der Waals surface area contributed by atoms with E-state index in [0.29, 0.717) is 42.8 Å². The van der Waals surface area contributed by atoms with Crippen molar-refractivity contribution in [1.29, 1.82) is 0 Å². The number of nitrogens with zero attached hydrogens (tertiary/aromatic N) is 3. The van der Waals surface area contributed by atoms with Crippen molar-refractivity contribution in [2.75, 3.05) is 59.1 Å². The number of esters is 1. The van der Waals surface area contributed by atoms with Crippen molar-refractivity contribution in [1.82, 2.24) is 20.0 Å². The number of allylic oxidation sites excluding steroid dienone is 1. The van der Waals surface area contributed by atoms with Gasteiger partial charge in [0.15, 0.2) is 0 Å². The summed E-state index contributed by atoms with van der Waals surface area (Å²) in [6.45, 7) is 5.37. The number of aliphatic hydroxyl groups is 1. The number of rotatable bonds is 6. The van der Waals surface area contributed by atoms with E-state index in [1.54, 1.807) is 17.9 Å². The fourth-order valence-electron chi connectivity index (χ4n) is 7.26. The Balaban J connectivity index is 1.38. The van der Waals surface area contributed by atoms with Gasteiger partial charge in [0.25, 0.3) is 0 Å². The second kappa shape index (κ2) is 13.9. The van der Waals surface area contributed by atoms with E-state index in [9.17, 15) is 24.3 Å². The Kier molecular flexibility index (Phi) is 9.95. The Morgan fingerprint density at radius 1 is 1.07 bits per heavy atom. The summed E-state index contributed by atoms with van der Waals surface area (Å²) in [6.07, 6.45) is 4.56. The molecule has 5 heterocycles. The number of cyclic esters (lactones) is 1. The topological polar surface area (TPSA) is 138 Å².